The van der Waals surface area contributed by atoms with Crippen molar-refractivity contribution in [1.29, 1.82) is 0 Å². The van der Waals surface area contributed by atoms with E-state index < -0.39 is 28.5 Å². The van der Waals surface area contributed by atoms with Crippen molar-refractivity contribution < 1.29 is 35.5 Å². The Balaban J connectivity index is 1.29. The molecule has 17 heteroatoms. The second-order valence-corrected chi connectivity index (χ2v) is 14.7. The van der Waals surface area contributed by atoms with E-state index in [4.69, 9.17) is 4.98 Å². The summed E-state index contributed by atoms with van der Waals surface area (Å²) in [7, 11) is -3.14. The number of anilines is 4. The Labute approximate surface area is 275 Å². The maximum Gasteiger partial charge on any atom is 0.522 e. The van der Waals surface area contributed by atoms with Crippen molar-refractivity contribution in [3.8, 4) is 0 Å². The molecule has 3 saturated heterocycles. The number of hydrogen-bond acceptors (Lipinski definition) is 11. The molecule has 5 atom stereocenters. The van der Waals surface area contributed by atoms with Gasteiger partial charge in [-0.05, 0) is 44.4 Å². The van der Waals surface area contributed by atoms with Crippen molar-refractivity contribution in [1.82, 2.24) is 24.8 Å². The predicted octanol–water partition coefficient (Wildman–Crippen LogP) is 4.34. The van der Waals surface area contributed by atoms with Crippen LogP contribution in [0.2, 0.25) is 0 Å². The third-order valence-corrected chi connectivity index (χ3v) is 10.2. The average Bonchev–Trinajstić information content (AvgIpc) is 3.52. The van der Waals surface area contributed by atoms with Crippen molar-refractivity contribution in [2.45, 2.75) is 56.9 Å². The lowest BCUT2D eigenvalue weighted by Gasteiger charge is -2.48. The zero-order chi connectivity index (χ0) is 34.4. The predicted molar refractivity (Wildman–Crippen MR) is 171 cm³/mol. The first-order chi connectivity index (χ1) is 22.7. The quantitative estimate of drug-likeness (QED) is 0.254. The van der Waals surface area contributed by atoms with Gasteiger partial charge in [-0.25, -0.2) is 22.8 Å². The molecule has 0 spiro atoms. The third kappa shape index (κ3) is 7.16. The number of ether oxygens (including phenoxy) is 1. The summed E-state index contributed by atoms with van der Waals surface area (Å²) in [6.07, 6.45) is 0.336. The van der Waals surface area contributed by atoms with Crippen LogP contribution in [0.4, 0.5) is 40.8 Å². The molecule has 48 heavy (non-hydrogen) atoms. The van der Waals surface area contributed by atoms with Gasteiger partial charge in [0.2, 0.25) is 11.9 Å². The van der Waals surface area contributed by atoms with Crippen LogP contribution in [0.1, 0.15) is 37.9 Å². The zero-order valence-electron chi connectivity index (χ0n) is 26.4. The highest BCUT2D eigenvalue weighted by Gasteiger charge is 2.41. The fourth-order valence-electron chi connectivity index (χ4n) is 6.79. The van der Waals surface area contributed by atoms with Crippen LogP contribution in [-0.2, 0) is 19.4 Å². The number of fused-ring (bicyclic) bond motifs is 1. The van der Waals surface area contributed by atoms with Crippen molar-refractivity contribution in [2.75, 3.05) is 53.3 Å². The smallest absolute Gasteiger partial charge is 0.366 e. The first-order valence-electron chi connectivity index (χ1n) is 15.6. The molecule has 3 aliphatic heterocycles. The van der Waals surface area contributed by atoms with Gasteiger partial charge in [-0.1, -0.05) is 6.58 Å². The number of likely N-dealkylation sites (tertiary alicyclic amines) is 1. The Bertz CT molecular complexity index is 1810. The van der Waals surface area contributed by atoms with E-state index in [9.17, 15) is 30.8 Å². The third-order valence-electron chi connectivity index (χ3n) is 9.19. The maximum absolute atomic E-state index is 14.6. The first kappa shape index (κ1) is 33.8. The second kappa shape index (κ2) is 13.1. The summed E-state index contributed by atoms with van der Waals surface area (Å²) in [5, 5.41) is 4.68. The van der Waals surface area contributed by atoms with Gasteiger partial charge in [0.15, 0.2) is 0 Å². The number of hydrogen-bond donors (Lipinski definition) is 1. The van der Waals surface area contributed by atoms with E-state index in [1.165, 1.54) is 23.4 Å². The SMILES string of the molecule is C=CC(=O)N1CCCC1c1ncc(N2C[C@H](CS(C)(=O)=O)[C@H]2C)c2cnc(Nc3ccnc(N4CC[C@@H](OC(F)(F)F)[C@@H](F)C4)n3)cc12. The Hall–Kier alpha value is -4.12. The van der Waals surface area contributed by atoms with Crippen LogP contribution in [0.25, 0.3) is 10.8 Å². The summed E-state index contributed by atoms with van der Waals surface area (Å²) in [6, 6.07) is 3.06. The number of carbonyl (C=O) groups is 1. The number of alkyl halides is 4. The number of halogens is 4. The van der Waals surface area contributed by atoms with E-state index in [0.29, 0.717) is 36.8 Å². The van der Waals surface area contributed by atoms with Crippen molar-refractivity contribution in [3.05, 3.63) is 49.1 Å². The number of amides is 1. The number of sulfone groups is 1. The van der Waals surface area contributed by atoms with Crippen LogP contribution in [-0.4, -0.2) is 102 Å². The number of carbonyl (C=O) groups excluding carboxylic acids is 1. The molecule has 3 aromatic rings. The van der Waals surface area contributed by atoms with Crippen LogP contribution in [0.5, 0.6) is 0 Å². The monoisotopic (exact) mass is 692 g/mol. The Kier molecular flexibility index (Phi) is 9.19. The number of nitrogens with one attached hydrogen (secondary N) is 1. The first-order valence-corrected chi connectivity index (χ1v) is 17.7. The minimum absolute atomic E-state index is 0.0262. The van der Waals surface area contributed by atoms with E-state index in [1.807, 2.05) is 13.0 Å². The fraction of sp³-hybridized carbons (Fsp3) is 0.516. The molecular weight excluding hydrogens is 656 g/mol. The van der Waals surface area contributed by atoms with Crippen LogP contribution >= 0.6 is 0 Å². The summed E-state index contributed by atoms with van der Waals surface area (Å²) in [5.74, 6) is 0.736. The van der Waals surface area contributed by atoms with Gasteiger partial charge < -0.3 is 20.0 Å². The average molecular weight is 693 g/mol. The second-order valence-electron chi connectivity index (χ2n) is 12.5. The van der Waals surface area contributed by atoms with Crippen molar-refractivity contribution >= 4 is 49.8 Å². The molecule has 3 aliphatic rings. The normalized spacial score (nSPS) is 24.9. The molecule has 0 aromatic carbocycles. The van der Waals surface area contributed by atoms with Crippen molar-refractivity contribution in [3.63, 3.8) is 0 Å². The van der Waals surface area contributed by atoms with Gasteiger partial charge in [-0.15, -0.1) is 13.2 Å². The van der Waals surface area contributed by atoms with Gasteiger partial charge >= 0.3 is 6.36 Å². The van der Waals surface area contributed by atoms with E-state index in [0.717, 1.165) is 22.9 Å². The van der Waals surface area contributed by atoms with Gasteiger partial charge in [-0.3, -0.25) is 14.5 Å². The van der Waals surface area contributed by atoms with Crippen molar-refractivity contribution in [2.24, 2.45) is 5.92 Å². The number of piperidine rings is 1. The molecule has 3 fully saturated rings. The fourth-order valence-corrected chi connectivity index (χ4v) is 7.96. The summed E-state index contributed by atoms with van der Waals surface area (Å²) in [4.78, 5) is 36.2. The van der Waals surface area contributed by atoms with E-state index in [1.54, 1.807) is 23.4 Å². The maximum atomic E-state index is 14.6. The summed E-state index contributed by atoms with van der Waals surface area (Å²) in [6.45, 7) is 6.44. The molecule has 0 saturated carbocycles. The molecule has 6 heterocycles. The standard InChI is InChI=1S/C31H36F4N8O4S/c1-4-28(44)42-10-5-6-23(42)29-20-12-27(37-13-21(20)24(14-38-29)43-15-19(18(43)2)17-48(3,45)46)39-26-7-9-36-30(40-26)41-11-8-25(22(32)16-41)47-31(33,34)35/h4,7,9,12-14,18-19,22-23,25H,1,5-6,8,10-11,15-17H2,2-3H3,(H,36,37,39,40)/t18-,19-,22+,23?,25-/m1/s1. The molecule has 258 valence electrons. The minimum atomic E-state index is -4.92. The van der Waals surface area contributed by atoms with Crippen LogP contribution in [0.3, 0.4) is 0 Å². The Morgan fingerprint density at radius 3 is 2.60 bits per heavy atom. The lowest BCUT2D eigenvalue weighted by molar-refractivity contribution is -0.349. The summed E-state index contributed by atoms with van der Waals surface area (Å²) in [5.41, 5.74) is 1.49. The van der Waals surface area contributed by atoms with E-state index in [2.05, 4.69) is 36.5 Å². The highest BCUT2D eigenvalue weighted by atomic mass is 32.2. The summed E-state index contributed by atoms with van der Waals surface area (Å²) >= 11 is 0. The van der Waals surface area contributed by atoms with Gasteiger partial charge in [-0.2, -0.15) is 4.98 Å². The number of nitrogens with zero attached hydrogens (tertiary/aromatic N) is 7. The molecule has 1 unspecified atom stereocenters. The van der Waals surface area contributed by atoms with Crippen LogP contribution in [0, 0.1) is 5.92 Å². The van der Waals surface area contributed by atoms with Gasteiger partial charge in [0.1, 0.15) is 33.7 Å². The lowest BCUT2D eigenvalue weighted by atomic mass is 9.90. The van der Waals surface area contributed by atoms with Gasteiger partial charge in [0, 0.05) is 61.0 Å². The molecule has 1 N–H and O–H groups in total. The molecule has 12 nitrogen and oxygen atoms in total. The Morgan fingerprint density at radius 1 is 1.12 bits per heavy atom. The van der Waals surface area contributed by atoms with Crippen LogP contribution in [0.15, 0.2) is 43.4 Å². The largest absolute Gasteiger partial charge is 0.522 e. The molecule has 0 radical (unpaired) electrons. The van der Waals surface area contributed by atoms with Gasteiger partial charge in [0.25, 0.3) is 0 Å². The highest BCUT2D eigenvalue weighted by molar-refractivity contribution is 7.90. The van der Waals surface area contributed by atoms with Gasteiger partial charge in [0.05, 0.1) is 35.9 Å². The molecule has 1 amide bonds. The molecule has 6 rings (SSSR count). The molecule has 3 aromatic heterocycles. The molecular formula is C31H36F4N8O4S. The Morgan fingerprint density at radius 2 is 1.92 bits per heavy atom. The van der Waals surface area contributed by atoms with E-state index >= 15 is 0 Å². The molecule has 0 aliphatic carbocycles. The molecule has 0 bridgehead atoms. The number of aromatic nitrogens is 4. The minimum Gasteiger partial charge on any atom is -0.366 e. The topological polar surface area (TPSA) is 134 Å². The number of pyridine rings is 2. The zero-order valence-corrected chi connectivity index (χ0v) is 27.2. The highest BCUT2D eigenvalue weighted by Crippen LogP contribution is 2.41. The summed E-state index contributed by atoms with van der Waals surface area (Å²) < 4.78 is 80.4. The van der Waals surface area contributed by atoms with E-state index in [-0.39, 0.29) is 55.1 Å². The van der Waals surface area contributed by atoms with Crippen LogP contribution < -0.4 is 15.1 Å². The number of rotatable bonds is 9. The lowest BCUT2D eigenvalue weighted by Crippen LogP contribution is -2.57.